The molecule has 140 valence electrons. The normalized spacial score (nSPS) is 24.8. The number of alkyl halides is 2. The number of nitrogens with zero attached hydrogens (tertiary/aromatic N) is 4. The third-order valence-electron chi connectivity index (χ3n) is 5.24. The van der Waals surface area contributed by atoms with Crippen molar-refractivity contribution in [3.63, 3.8) is 0 Å². The quantitative estimate of drug-likeness (QED) is 0.824. The molecule has 3 heterocycles. The van der Waals surface area contributed by atoms with Crippen molar-refractivity contribution in [2.75, 3.05) is 33.4 Å². The van der Waals surface area contributed by atoms with E-state index in [1.165, 1.54) is 0 Å². The first-order chi connectivity index (χ1) is 11.8. The lowest BCUT2D eigenvalue weighted by Gasteiger charge is -2.39. The molecular formula is C17H26F2N4O2. The first kappa shape index (κ1) is 18.3. The van der Waals surface area contributed by atoms with E-state index in [2.05, 4.69) is 5.10 Å². The van der Waals surface area contributed by atoms with Crippen molar-refractivity contribution >= 4 is 5.91 Å². The van der Waals surface area contributed by atoms with Crippen LogP contribution in [-0.2, 0) is 11.8 Å². The van der Waals surface area contributed by atoms with Gasteiger partial charge in [-0.2, -0.15) is 5.10 Å². The molecule has 2 saturated heterocycles. The predicted octanol–water partition coefficient (Wildman–Crippen LogP) is 1.69. The van der Waals surface area contributed by atoms with Crippen molar-refractivity contribution in [1.29, 1.82) is 0 Å². The summed E-state index contributed by atoms with van der Waals surface area (Å²) < 4.78 is 34.4. The minimum absolute atomic E-state index is 0.0238. The van der Waals surface area contributed by atoms with Gasteiger partial charge in [0.1, 0.15) is 0 Å². The minimum Gasteiger partial charge on any atom is -0.383 e. The Bertz CT molecular complexity index is 626. The maximum Gasteiger partial charge on any atom is 0.262 e. The van der Waals surface area contributed by atoms with E-state index in [0.29, 0.717) is 43.8 Å². The number of methoxy groups -OCH3 is 1. The number of carbonyl (C=O) groups is 1. The van der Waals surface area contributed by atoms with Gasteiger partial charge in [-0.1, -0.05) is 0 Å². The molecular weight excluding hydrogens is 330 g/mol. The van der Waals surface area contributed by atoms with E-state index in [-0.39, 0.29) is 31.0 Å². The lowest BCUT2D eigenvalue weighted by atomic mass is 10.0. The summed E-state index contributed by atoms with van der Waals surface area (Å²) in [7, 11) is 3.34. The number of rotatable bonds is 4. The van der Waals surface area contributed by atoms with Gasteiger partial charge in [-0.05, 0) is 19.8 Å². The largest absolute Gasteiger partial charge is 0.383 e. The molecule has 1 amide bonds. The van der Waals surface area contributed by atoms with Gasteiger partial charge in [0.15, 0.2) is 0 Å². The highest BCUT2D eigenvalue weighted by molar-refractivity contribution is 5.95. The van der Waals surface area contributed by atoms with Crippen LogP contribution in [0.15, 0.2) is 6.20 Å². The van der Waals surface area contributed by atoms with Crippen molar-refractivity contribution in [3.05, 3.63) is 17.5 Å². The van der Waals surface area contributed by atoms with E-state index in [1.54, 1.807) is 29.9 Å². The van der Waals surface area contributed by atoms with Gasteiger partial charge in [0.2, 0.25) is 0 Å². The van der Waals surface area contributed by atoms with Gasteiger partial charge < -0.3 is 9.64 Å². The topological polar surface area (TPSA) is 50.6 Å². The molecule has 3 rings (SSSR count). The van der Waals surface area contributed by atoms with Crippen LogP contribution >= 0.6 is 0 Å². The summed E-state index contributed by atoms with van der Waals surface area (Å²) in [5.41, 5.74) is 1.33. The van der Waals surface area contributed by atoms with Crippen LogP contribution in [0.3, 0.4) is 0 Å². The molecule has 2 fully saturated rings. The summed E-state index contributed by atoms with van der Waals surface area (Å²) in [5.74, 6) is -2.67. The highest BCUT2D eigenvalue weighted by Gasteiger charge is 2.47. The number of ether oxygens (including phenoxy) is 1. The molecule has 6 nitrogen and oxygen atoms in total. The van der Waals surface area contributed by atoms with Gasteiger partial charge >= 0.3 is 0 Å². The number of amides is 1. The third-order valence-corrected chi connectivity index (χ3v) is 5.24. The van der Waals surface area contributed by atoms with E-state index < -0.39 is 5.92 Å². The minimum atomic E-state index is -2.65. The number of piperidine rings is 1. The van der Waals surface area contributed by atoms with Gasteiger partial charge in [0.25, 0.3) is 11.8 Å². The van der Waals surface area contributed by atoms with Crippen LogP contribution in [0.2, 0.25) is 0 Å². The Hall–Kier alpha value is -1.54. The monoisotopic (exact) mass is 356 g/mol. The van der Waals surface area contributed by atoms with Gasteiger partial charge in [0, 0.05) is 51.9 Å². The molecule has 0 unspecified atom stereocenters. The number of hydrogen-bond donors (Lipinski definition) is 0. The molecule has 0 radical (unpaired) electrons. The fourth-order valence-corrected chi connectivity index (χ4v) is 4.08. The maximum atomic E-state index is 13.8. The van der Waals surface area contributed by atoms with Crippen molar-refractivity contribution in [1.82, 2.24) is 19.6 Å². The fourth-order valence-electron chi connectivity index (χ4n) is 4.08. The maximum absolute atomic E-state index is 13.8. The fraction of sp³-hybridized carbons (Fsp3) is 0.765. The van der Waals surface area contributed by atoms with Crippen molar-refractivity contribution in [2.45, 2.75) is 44.2 Å². The van der Waals surface area contributed by atoms with Crippen LogP contribution in [0, 0.1) is 6.92 Å². The lowest BCUT2D eigenvalue weighted by Crippen LogP contribution is -2.49. The van der Waals surface area contributed by atoms with Gasteiger partial charge in [-0.3, -0.25) is 14.4 Å². The zero-order valence-electron chi connectivity index (χ0n) is 15.0. The Labute approximate surface area is 146 Å². The number of carbonyl (C=O) groups excluding carboxylic acids is 1. The lowest BCUT2D eigenvalue weighted by molar-refractivity contribution is 0.00284. The summed E-state index contributed by atoms with van der Waals surface area (Å²) in [6.07, 6.45) is 3.01. The zero-order chi connectivity index (χ0) is 18.2. The third kappa shape index (κ3) is 3.84. The van der Waals surface area contributed by atoms with Gasteiger partial charge in [-0.25, -0.2) is 8.78 Å². The summed E-state index contributed by atoms with van der Waals surface area (Å²) in [6.45, 7) is 3.10. The average molecular weight is 356 g/mol. The number of aryl methyl sites for hydroxylation is 2. The zero-order valence-corrected chi connectivity index (χ0v) is 15.0. The smallest absolute Gasteiger partial charge is 0.262 e. The Kier molecular flexibility index (Phi) is 5.11. The van der Waals surface area contributed by atoms with Gasteiger partial charge in [-0.15, -0.1) is 0 Å². The Morgan fingerprint density at radius 2 is 2.08 bits per heavy atom. The van der Waals surface area contributed by atoms with Crippen molar-refractivity contribution < 1.29 is 18.3 Å². The number of hydrogen-bond acceptors (Lipinski definition) is 4. The Morgan fingerprint density at radius 1 is 1.40 bits per heavy atom. The standard InChI is InChI=1S/C17H26F2N4O2/c1-12-15(9-21(2)20-12)16(24)22-6-4-13(5-7-22)23-11-17(18,19)8-14(23)10-25-3/h9,13-14H,4-8,10-11H2,1-3H3/t14-/m0/s1. The molecule has 0 N–H and O–H groups in total. The van der Waals surface area contributed by atoms with Gasteiger partial charge in [0.05, 0.1) is 24.4 Å². The van der Waals surface area contributed by atoms with E-state index in [1.807, 2.05) is 11.8 Å². The molecule has 0 spiro atoms. The number of halogens is 2. The van der Waals surface area contributed by atoms with Crippen LogP contribution in [0.25, 0.3) is 0 Å². The second-order valence-corrected chi connectivity index (χ2v) is 7.17. The summed E-state index contributed by atoms with van der Waals surface area (Å²) >= 11 is 0. The van der Waals surface area contributed by atoms with E-state index in [9.17, 15) is 13.6 Å². The first-order valence-electron chi connectivity index (χ1n) is 8.73. The molecule has 2 aliphatic heterocycles. The first-order valence-corrected chi connectivity index (χ1v) is 8.73. The summed E-state index contributed by atoms with van der Waals surface area (Å²) in [4.78, 5) is 16.3. The molecule has 0 saturated carbocycles. The van der Waals surface area contributed by atoms with Crippen LogP contribution in [0.4, 0.5) is 8.78 Å². The van der Waals surface area contributed by atoms with Crippen molar-refractivity contribution in [2.24, 2.45) is 7.05 Å². The van der Waals surface area contributed by atoms with E-state index in [4.69, 9.17) is 4.74 Å². The number of aromatic nitrogens is 2. The Balaban J connectivity index is 1.61. The molecule has 1 aromatic heterocycles. The predicted molar refractivity (Wildman–Crippen MR) is 88.8 cm³/mol. The second-order valence-electron chi connectivity index (χ2n) is 7.17. The Morgan fingerprint density at radius 3 is 2.64 bits per heavy atom. The molecule has 0 bridgehead atoms. The van der Waals surface area contributed by atoms with Crippen LogP contribution in [0.5, 0.6) is 0 Å². The SMILES string of the molecule is COC[C@@H]1CC(F)(F)CN1C1CCN(C(=O)c2cn(C)nc2C)CC1. The van der Waals surface area contributed by atoms with Crippen LogP contribution < -0.4 is 0 Å². The molecule has 8 heteroatoms. The van der Waals surface area contributed by atoms with Crippen molar-refractivity contribution in [3.8, 4) is 0 Å². The highest BCUT2D eigenvalue weighted by Crippen LogP contribution is 2.35. The summed E-state index contributed by atoms with van der Waals surface area (Å²) in [5, 5.41) is 4.22. The van der Waals surface area contributed by atoms with Crippen LogP contribution in [0.1, 0.15) is 35.3 Å². The molecule has 1 atom stereocenters. The number of likely N-dealkylation sites (tertiary alicyclic amines) is 2. The molecule has 0 aromatic carbocycles. The summed E-state index contributed by atoms with van der Waals surface area (Å²) in [6, 6.07) is -0.166. The second kappa shape index (κ2) is 6.99. The highest BCUT2D eigenvalue weighted by atomic mass is 19.3. The van der Waals surface area contributed by atoms with E-state index >= 15 is 0 Å². The molecule has 25 heavy (non-hydrogen) atoms. The molecule has 1 aromatic rings. The van der Waals surface area contributed by atoms with E-state index in [0.717, 1.165) is 0 Å². The van der Waals surface area contributed by atoms with Crippen LogP contribution in [-0.4, -0.2) is 76.8 Å². The average Bonchev–Trinajstić information content (AvgIpc) is 3.05. The molecule has 2 aliphatic rings. The molecule has 0 aliphatic carbocycles.